The lowest BCUT2D eigenvalue weighted by Gasteiger charge is -2.12. The zero-order valence-corrected chi connectivity index (χ0v) is 8.54. The molecule has 2 heteroatoms. The van der Waals surface area contributed by atoms with E-state index in [9.17, 15) is 0 Å². The number of hydrogen-bond acceptors (Lipinski definition) is 2. The molecule has 72 valence electrons. The second-order valence-electron chi connectivity index (χ2n) is 3.33. The van der Waals surface area contributed by atoms with E-state index in [4.69, 9.17) is 5.26 Å². The van der Waals surface area contributed by atoms with Crippen molar-refractivity contribution >= 4 is 5.69 Å². The summed E-state index contributed by atoms with van der Waals surface area (Å²) in [6, 6.07) is 8.12. The Morgan fingerprint density at radius 2 is 2.29 bits per heavy atom. The van der Waals surface area contributed by atoms with Gasteiger partial charge < -0.3 is 5.32 Å². The third-order valence-electron chi connectivity index (χ3n) is 2.03. The summed E-state index contributed by atoms with van der Waals surface area (Å²) < 4.78 is 0. The zero-order chi connectivity index (χ0) is 10.6. The largest absolute Gasteiger partial charge is 0.378 e. The van der Waals surface area contributed by atoms with E-state index < -0.39 is 0 Å². The minimum absolute atomic E-state index is 0.171. The Kier molecular flexibility index (Phi) is 3.30. The van der Waals surface area contributed by atoms with Crippen molar-refractivity contribution in [3.05, 3.63) is 42.0 Å². The van der Waals surface area contributed by atoms with Crippen molar-refractivity contribution in [2.45, 2.75) is 19.9 Å². The van der Waals surface area contributed by atoms with Gasteiger partial charge in [-0.05, 0) is 31.5 Å². The number of nitrogens with one attached hydrogen (secondary N) is 1. The van der Waals surface area contributed by atoms with Crippen LogP contribution in [-0.2, 0) is 0 Å². The minimum atomic E-state index is 0.171. The van der Waals surface area contributed by atoms with Gasteiger partial charge in [-0.1, -0.05) is 12.1 Å². The maximum absolute atomic E-state index is 8.91. The van der Waals surface area contributed by atoms with E-state index >= 15 is 0 Å². The predicted octanol–water partition coefficient (Wildman–Crippen LogP) is 2.85. The van der Waals surface area contributed by atoms with E-state index in [-0.39, 0.29) is 6.04 Å². The number of anilines is 1. The van der Waals surface area contributed by atoms with E-state index in [1.165, 1.54) is 0 Å². The van der Waals surface area contributed by atoms with Crippen molar-refractivity contribution in [3.8, 4) is 6.07 Å². The van der Waals surface area contributed by atoms with Crippen molar-refractivity contribution in [3.63, 3.8) is 0 Å². The van der Waals surface area contributed by atoms with Crippen molar-refractivity contribution in [1.29, 1.82) is 5.26 Å². The molecule has 0 heterocycles. The molecule has 1 N–H and O–H groups in total. The van der Waals surface area contributed by atoms with Gasteiger partial charge in [-0.15, -0.1) is 6.58 Å². The van der Waals surface area contributed by atoms with Gasteiger partial charge in [0.2, 0.25) is 0 Å². The molecular formula is C12H14N2. The molecular weight excluding hydrogens is 172 g/mol. The van der Waals surface area contributed by atoms with E-state index in [1.807, 2.05) is 32.0 Å². The highest BCUT2D eigenvalue weighted by Gasteiger charge is 2.03. The van der Waals surface area contributed by atoms with Crippen LogP contribution in [0.4, 0.5) is 5.69 Å². The summed E-state index contributed by atoms with van der Waals surface area (Å²) >= 11 is 0. The van der Waals surface area contributed by atoms with Crippen LogP contribution >= 0.6 is 0 Å². The number of aryl methyl sites for hydroxylation is 1. The number of nitriles is 1. The third kappa shape index (κ3) is 2.37. The Hall–Kier alpha value is -1.75. The van der Waals surface area contributed by atoms with Gasteiger partial charge in [0.15, 0.2) is 0 Å². The molecule has 0 spiro atoms. The lowest BCUT2D eigenvalue weighted by atomic mass is 10.1. The quantitative estimate of drug-likeness (QED) is 0.737. The molecule has 1 atom stereocenters. The molecule has 0 aliphatic rings. The van der Waals surface area contributed by atoms with Crippen LogP contribution in [0.1, 0.15) is 18.1 Å². The maximum atomic E-state index is 8.91. The standard InChI is InChI=1S/C12H14N2/c1-4-10(3)14-12-6-5-9(2)7-11(12)8-13/h4-7,10,14H,1H2,2-3H3. The van der Waals surface area contributed by atoms with Crippen LogP contribution < -0.4 is 5.32 Å². The topological polar surface area (TPSA) is 35.8 Å². The molecule has 0 saturated heterocycles. The highest BCUT2D eigenvalue weighted by atomic mass is 14.9. The monoisotopic (exact) mass is 186 g/mol. The summed E-state index contributed by atoms with van der Waals surface area (Å²) in [6.07, 6.45) is 1.81. The van der Waals surface area contributed by atoms with Crippen LogP contribution in [0, 0.1) is 18.3 Å². The smallest absolute Gasteiger partial charge is 0.101 e. The number of hydrogen-bond donors (Lipinski definition) is 1. The van der Waals surface area contributed by atoms with Crippen molar-refractivity contribution in [2.75, 3.05) is 5.32 Å². The Morgan fingerprint density at radius 1 is 1.57 bits per heavy atom. The minimum Gasteiger partial charge on any atom is -0.378 e. The van der Waals surface area contributed by atoms with E-state index in [0.717, 1.165) is 11.3 Å². The van der Waals surface area contributed by atoms with E-state index in [0.29, 0.717) is 5.56 Å². The lowest BCUT2D eigenvalue weighted by molar-refractivity contribution is 0.999. The van der Waals surface area contributed by atoms with Gasteiger partial charge in [0.25, 0.3) is 0 Å². The lowest BCUT2D eigenvalue weighted by Crippen LogP contribution is -2.12. The van der Waals surface area contributed by atoms with Crippen LogP contribution in [0.5, 0.6) is 0 Å². The Labute approximate surface area is 84.9 Å². The highest BCUT2D eigenvalue weighted by Crippen LogP contribution is 2.17. The Bertz CT molecular complexity index is 374. The Morgan fingerprint density at radius 3 is 2.86 bits per heavy atom. The number of benzene rings is 1. The molecule has 0 aliphatic carbocycles. The highest BCUT2D eigenvalue weighted by molar-refractivity contribution is 5.59. The fourth-order valence-corrected chi connectivity index (χ4v) is 1.18. The zero-order valence-electron chi connectivity index (χ0n) is 8.54. The molecule has 0 bridgehead atoms. The van der Waals surface area contributed by atoms with Gasteiger partial charge in [-0.25, -0.2) is 0 Å². The summed E-state index contributed by atoms with van der Waals surface area (Å²) in [4.78, 5) is 0. The summed E-state index contributed by atoms with van der Waals surface area (Å²) in [5, 5.41) is 12.1. The molecule has 1 aromatic carbocycles. The molecule has 0 fully saturated rings. The van der Waals surface area contributed by atoms with Gasteiger partial charge in [0.1, 0.15) is 6.07 Å². The maximum Gasteiger partial charge on any atom is 0.101 e. The molecule has 0 aromatic heterocycles. The number of nitrogens with zero attached hydrogens (tertiary/aromatic N) is 1. The first-order valence-electron chi connectivity index (χ1n) is 4.57. The third-order valence-corrected chi connectivity index (χ3v) is 2.03. The average Bonchev–Trinajstić information content (AvgIpc) is 2.20. The average molecular weight is 186 g/mol. The summed E-state index contributed by atoms with van der Waals surface area (Å²) in [7, 11) is 0. The SMILES string of the molecule is C=CC(C)Nc1ccc(C)cc1C#N. The van der Waals surface area contributed by atoms with Crippen LogP contribution in [0.3, 0.4) is 0 Å². The molecule has 1 unspecified atom stereocenters. The van der Waals surface area contributed by atoms with Gasteiger partial charge >= 0.3 is 0 Å². The molecule has 0 aliphatic heterocycles. The Balaban J connectivity index is 2.98. The fraction of sp³-hybridized carbons (Fsp3) is 0.250. The van der Waals surface area contributed by atoms with E-state index in [2.05, 4.69) is 18.0 Å². The first kappa shape index (κ1) is 10.3. The first-order valence-corrected chi connectivity index (χ1v) is 4.57. The van der Waals surface area contributed by atoms with Gasteiger partial charge in [-0.2, -0.15) is 5.26 Å². The second kappa shape index (κ2) is 4.48. The molecule has 14 heavy (non-hydrogen) atoms. The summed E-state index contributed by atoms with van der Waals surface area (Å²) in [6.45, 7) is 7.65. The molecule has 0 saturated carbocycles. The fourth-order valence-electron chi connectivity index (χ4n) is 1.18. The van der Waals surface area contributed by atoms with Crippen molar-refractivity contribution < 1.29 is 0 Å². The normalized spacial score (nSPS) is 11.5. The first-order chi connectivity index (χ1) is 6.67. The van der Waals surface area contributed by atoms with Crippen LogP contribution in [0.15, 0.2) is 30.9 Å². The number of rotatable bonds is 3. The van der Waals surface area contributed by atoms with Crippen molar-refractivity contribution in [1.82, 2.24) is 0 Å². The van der Waals surface area contributed by atoms with E-state index in [1.54, 1.807) is 6.08 Å². The van der Waals surface area contributed by atoms with Crippen molar-refractivity contribution in [2.24, 2.45) is 0 Å². The van der Waals surface area contributed by atoms with Crippen LogP contribution in [-0.4, -0.2) is 6.04 Å². The molecule has 1 aromatic rings. The molecule has 0 radical (unpaired) electrons. The molecule has 0 amide bonds. The van der Waals surface area contributed by atoms with Gasteiger partial charge in [0, 0.05) is 6.04 Å². The second-order valence-corrected chi connectivity index (χ2v) is 3.33. The van der Waals surface area contributed by atoms with Crippen LogP contribution in [0.2, 0.25) is 0 Å². The summed E-state index contributed by atoms with van der Waals surface area (Å²) in [5.41, 5.74) is 2.64. The molecule has 1 rings (SSSR count). The summed E-state index contributed by atoms with van der Waals surface area (Å²) in [5.74, 6) is 0. The van der Waals surface area contributed by atoms with Gasteiger partial charge in [0.05, 0.1) is 11.3 Å². The predicted molar refractivity (Wildman–Crippen MR) is 59.2 cm³/mol. The van der Waals surface area contributed by atoms with Crippen LogP contribution in [0.25, 0.3) is 0 Å². The van der Waals surface area contributed by atoms with Gasteiger partial charge in [-0.3, -0.25) is 0 Å². The molecule has 2 nitrogen and oxygen atoms in total.